The van der Waals surface area contributed by atoms with E-state index in [2.05, 4.69) is 25.5 Å². The molecule has 37 heavy (non-hydrogen) atoms. The van der Waals surface area contributed by atoms with E-state index in [0.29, 0.717) is 48.9 Å². The molecule has 2 saturated carbocycles. The molecule has 2 aliphatic heterocycles. The Labute approximate surface area is 207 Å². The number of nitrogens with one attached hydrogen (secondary N) is 1. The summed E-state index contributed by atoms with van der Waals surface area (Å²) in [6, 6.07) is 0.250. The van der Waals surface area contributed by atoms with Crippen LogP contribution in [0.15, 0.2) is 28.9 Å². The Kier molecular flexibility index (Phi) is 5.25. The second-order valence-electron chi connectivity index (χ2n) is 9.95. The smallest absolute Gasteiger partial charge is 0.417 e. The van der Waals surface area contributed by atoms with Gasteiger partial charge in [0.05, 0.1) is 23.6 Å². The Hall–Kier alpha value is -3.64. The Morgan fingerprint density at radius 3 is 2.46 bits per heavy atom. The van der Waals surface area contributed by atoms with Gasteiger partial charge in [0.2, 0.25) is 11.8 Å². The van der Waals surface area contributed by atoms with E-state index in [0.717, 1.165) is 25.3 Å². The molecule has 13 heteroatoms. The number of carbonyl (C=O) groups is 1. The Bertz CT molecular complexity index is 1370. The molecule has 2 aromatic heterocycles. The molecule has 2 amide bonds. The average molecular weight is 520 g/mol. The van der Waals surface area contributed by atoms with Gasteiger partial charge in [-0.15, -0.1) is 10.2 Å². The summed E-state index contributed by atoms with van der Waals surface area (Å²) in [6.07, 6.45) is 0.735. The SMILES string of the molecule is Cc1nnc([C@@]23CC(C[C@@H](C4CC4)C2)N3C(=O)Nc2cc(-c3ncc(F)cn3)c(C(F)(F)F)cc2F)o1. The standard InChI is InChI=1S/C24H21F5N6O2/c1-11-33-34-21(37-11)23-7-13(12-2-3-12)4-15(8-23)35(23)22(36)32-19-5-16(20-30-9-14(25)10-31-20)17(6-18(19)26)24(27,28)29/h5-6,9-10,12-13,15H,2-4,7-8H2,1H3,(H,32,36)/t13-,15?,23+/m1/s1. The van der Waals surface area contributed by atoms with Crippen LogP contribution in [-0.4, -0.2) is 37.1 Å². The van der Waals surface area contributed by atoms with Crippen LogP contribution in [-0.2, 0) is 11.7 Å². The van der Waals surface area contributed by atoms with E-state index in [4.69, 9.17) is 4.42 Å². The van der Waals surface area contributed by atoms with Crippen LogP contribution in [0.25, 0.3) is 11.4 Å². The summed E-state index contributed by atoms with van der Waals surface area (Å²) in [7, 11) is 0. The highest BCUT2D eigenvalue weighted by molar-refractivity contribution is 5.92. The van der Waals surface area contributed by atoms with Crippen LogP contribution in [0.5, 0.6) is 0 Å². The average Bonchev–Trinajstić information content (AvgIpc) is 3.60. The van der Waals surface area contributed by atoms with Crippen LogP contribution < -0.4 is 5.32 Å². The Morgan fingerprint density at radius 1 is 1.11 bits per heavy atom. The number of alkyl halides is 3. The van der Waals surface area contributed by atoms with Crippen LogP contribution in [0.1, 0.15) is 49.4 Å². The molecule has 1 unspecified atom stereocenters. The molecule has 0 spiro atoms. The van der Waals surface area contributed by atoms with Crippen molar-refractivity contribution in [2.45, 2.75) is 56.8 Å². The van der Waals surface area contributed by atoms with Crippen molar-refractivity contribution < 1.29 is 31.2 Å². The molecule has 1 N–H and O–H groups in total. The lowest BCUT2D eigenvalue weighted by Crippen LogP contribution is -2.70. The third kappa shape index (κ3) is 4.00. The zero-order valence-electron chi connectivity index (χ0n) is 19.5. The largest absolute Gasteiger partial charge is 0.423 e. The Morgan fingerprint density at radius 2 is 1.84 bits per heavy atom. The highest BCUT2D eigenvalue weighted by Gasteiger charge is 2.64. The highest BCUT2D eigenvalue weighted by atomic mass is 19.4. The van der Waals surface area contributed by atoms with E-state index < -0.39 is 52.0 Å². The van der Waals surface area contributed by atoms with Gasteiger partial charge in [-0.3, -0.25) is 0 Å². The first-order valence-electron chi connectivity index (χ1n) is 11.8. The van der Waals surface area contributed by atoms with Gasteiger partial charge in [-0.2, -0.15) is 13.2 Å². The van der Waals surface area contributed by atoms with Gasteiger partial charge in [0.1, 0.15) is 11.4 Å². The van der Waals surface area contributed by atoms with Crippen LogP contribution in [0, 0.1) is 30.4 Å². The maximum Gasteiger partial charge on any atom is 0.417 e. The molecule has 1 aromatic carbocycles. The molecule has 4 heterocycles. The third-order valence-corrected chi connectivity index (χ3v) is 7.52. The first-order valence-corrected chi connectivity index (χ1v) is 11.8. The lowest BCUT2D eigenvalue weighted by Gasteiger charge is -2.61. The van der Waals surface area contributed by atoms with Crippen molar-refractivity contribution in [3.8, 4) is 11.4 Å². The van der Waals surface area contributed by atoms with Crippen LogP contribution in [0.4, 0.5) is 32.4 Å². The number of rotatable bonds is 4. The number of hydrogen-bond donors (Lipinski definition) is 1. The number of aryl methyl sites for hydroxylation is 1. The number of nitrogens with zero attached hydrogens (tertiary/aromatic N) is 5. The molecule has 0 radical (unpaired) electrons. The van der Waals surface area contributed by atoms with Crippen molar-refractivity contribution in [1.82, 2.24) is 25.1 Å². The fraction of sp³-hybridized carbons (Fsp3) is 0.458. The predicted octanol–water partition coefficient (Wildman–Crippen LogP) is 5.45. The number of fused-ring (bicyclic) bond motifs is 2. The summed E-state index contributed by atoms with van der Waals surface area (Å²) < 4.78 is 74.9. The van der Waals surface area contributed by atoms with Crippen molar-refractivity contribution in [1.29, 1.82) is 0 Å². The van der Waals surface area contributed by atoms with Crippen molar-refractivity contribution in [2.24, 2.45) is 11.8 Å². The van der Waals surface area contributed by atoms with Gasteiger partial charge in [-0.05, 0) is 49.7 Å². The predicted molar refractivity (Wildman–Crippen MR) is 118 cm³/mol. The molecular weight excluding hydrogens is 499 g/mol. The first kappa shape index (κ1) is 23.7. The summed E-state index contributed by atoms with van der Waals surface area (Å²) >= 11 is 0. The minimum Gasteiger partial charge on any atom is -0.423 e. The van der Waals surface area contributed by atoms with Crippen molar-refractivity contribution in [3.63, 3.8) is 0 Å². The van der Waals surface area contributed by atoms with Gasteiger partial charge in [0.15, 0.2) is 11.6 Å². The number of benzene rings is 1. The molecule has 2 aliphatic carbocycles. The quantitative estimate of drug-likeness (QED) is 0.460. The van der Waals surface area contributed by atoms with Crippen LogP contribution in [0.3, 0.4) is 0 Å². The number of halogens is 5. The molecule has 4 fully saturated rings. The van der Waals surface area contributed by atoms with Gasteiger partial charge in [-0.1, -0.05) is 0 Å². The van der Waals surface area contributed by atoms with E-state index in [-0.39, 0.29) is 12.1 Å². The molecular formula is C24H21F5N6O2. The summed E-state index contributed by atoms with van der Waals surface area (Å²) in [4.78, 5) is 22.2. The zero-order valence-corrected chi connectivity index (χ0v) is 19.5. The summed E-state index contributed by atoms with van der Waals surface area (Å²) in [6.45, 7) is 1.64. The molecule has 4 aliphatic rings. The number of piperidine rings is 1. The molecule has 8 nitrogen and oxygen atoms in total. The van der Waals surface area contributed by atoms with E-state index >= 15 is 0 Å². The van der Waals surface area contributed by atoms with E-state index in [9.17, 15) is 26.7 Å². The molecule has 194 valence electrons. The van der Waals surface area contributed by atoms with Gasteiger partial charge in [0.25, 0.3) is 0 Å². The number of aromatic nitrogens is 4. The van der Waals surface area contributed by atoms with Gasteiger partial charge in [-0.25, -0.2) is 23.5 Å². The second kappa shape index (κ2) is 8.18. The maximum atomic E-state index is 14.9. The van der Waals surface area contributed by atoms with Crippen LogP contribution >= 0.6 is 0 Å². The second-order valence-corrected chi connectivity index (χ2v) is 9.95. The Balaban J connectivity index is 1.34. The number of urea groups is 1. The van der Waals surface area contributed by atoms with E-state index in [1.807, 2.05) is 0 Å². The van der Waals surface area contributed by atoms with E-state index in [1.54, 1.807) is 11.8 Å². The number of amides is 2. The zero-order chi connectivity index (χ0) is 26.1. The number of carbonyl (C=O) groups excluding carboxylic acids is 1. The van der Waals surface area contributed by atoms with Gasteiger partial charge < -0.3 is 14.6 Å². The number of anilines is 1. The van der Waals surface area contributed by atoms with Gasteiger partial charge >= 0.3 is 12.2 Å². The molecule has 3 aromatic rings. The third-order valence-electron chi connectivity index (χ3n) is 7.52. The molecule has 2 saturated heterocycles. The van der Waals surface area contributed by atoms with Crippen molar-refractivity contribution in [2.75, 3.05) is 5.32 Å². The normalized spacial score (nSPS) is 25.1. The highest BCUT2D eigenvalue weighted by Crippen LogP contribution is 2.60. The van der Waals surface area contributed by atoms with Crippen molar-refractivity contribution >= 4 is 11.7 Å². The van der Waals surface area contributed by atoms with E-state index in [1.165, 1.54) is 0 Å². The minimum absolute atomic E-state index is 0.149. The lowest BCUT2D eigenvalue weighted by molar-refractivity contribution is -0.137. The molecule has 7 rings (SSSR count). The fourth-order valence-corrected chi connectivity index (χ4v) is 5.82. The summed E-state index contributed by atoms with van der Waals surface area (Å²) in [5.41, 5.74) is -3.28. The summed E-state index contributed by atoms with van der Waals surface area (Å²) in [5.74, 6) is -0.967. The minimum atomic E-state index is -4.94. The number of hydrogen-bond acceptors (Lipinski definition) is 6. The lowest BCUT2D eigenvalue weighted by atomic mass is 9.62. The topological polar surface area (TPSA) is 97.0 Å². The van der Waals surface area contributed by atoms with Crippen LogP contribution in [0.2, 0.25) is 0 Å². The monoisotopic (exact) mass is 520 g/mol. The van der Waals surface area contributed by atoms with Crippen molar-refractivity contribution in [3.05, 3.63) is 53.5 Å². The fourth-order valence-electron chi connectivity index (χ4n) is 5.82. The summed E-state index contributed by atoms with van der Waals surface area (Å²) in [5, 5.41) is 10.5. The molecule has 3 atom stereocenters. The van der Waals surface area contributed by atoms with Gasteiger partial charge in [0, 0.05) is 24.9 Å². The molecule has 2 bridgehead atoms. The maximum absolute atomic E-state index is 14.9. The first-order chi connectivity index (χ1) is 17.5.